The summed E-state index contributed by atoms with van der Waals surface area (Å²) in [6.45, 7) is 4.26. The first kappa shape index (κ1) is 18.8. The first-order valence-corrected chi connectivity index (χ1v) is 11.0. The van der Waals surface area contributed by atoms with Gasteiger partial charge in [-0.2, -0.15) is 0 Å². The molecule has 3 heterocycles. The maximum absolute atomic E-state index is 12.8. The Morgan fingerprint density at radius 3 is 2.57 bits per heavy atom. The van der Waals surface area contributed by atoms with Crippen LogP contribution in [-0.4, -0.2) is 41.3 Å². The number of phenolic OH excluding ortho intramolecular Hbond substituents is 1. The molecule has 3 N–H and O–H groups in total. The number of fused-ring (bicyclic) bond motifs is 1. The molecule has 1 aliphatic heterocycles. The van der Waals surface area contributed by atoms with Gasteiger partial charge in [0.15, 0.2) is 5.82 Å². The number of piperazine rings is 1. The highest BCUT2D eigenvalue weighted by Crippen LogP contribution is 2.30. The predicted molar refractivity (Wildman–Crippen MR) is 120 cm³/mol. The minimum Gasteiger partial charge on any atom is -0.506 e. The molecule has 1 aliphatic rings. The summed E-state index contributed by atoms with van der Waals surface area (Å²) < 4.78 is 0. The third-order valence-corrected chi connectivity index (χ3v) is 6.56. The fourth-order valence-electron chi connectivity index (χ4n) is 4.12. The molecule has 0 unspecified atom stereocenters. The van der Waals surface area contributed by atoms with Crippen LogP contribution in [0.3, 0.4) is 0 Å². The Labute approximate surface area is 178 Å². The van der Waals surface area contributed by atoms with Crippen molar-refractivity contribution in [2.24, 2.45) is 0 Å². The Hall–Kier alpha value is -3.16. The van der Waals surface area contributed by atoms with Gasteiger partial charge in [0.25, 0.3) is 5.56 Å². The zero-order valence-corrected chi connectivity index (χ0v) is 17.3. The summed E-state index contributed by atoms with van der Waals surface area (Å²) in [7, 11) is 0. The molecule has 4 aromatic rings. The van der Waals surface area contributed by atoms with Crippen LogP contribution in [0.4, 0.5) is 5.69 Å². The van der Waals surface area contributed by atoms with E-state index in [1.165, 1.54) is 16.2 Å². The summed E-state index contributed by atoms with van der Waals surface area (Å²) in [4.78, 5) is 25.0. The van der Waals surface area contributed by atoms with E-state index in [0.29, 0.717) is 17.7 Å². The summed E-state index contributed by atoms with van der Waals surface area (Å²) in [5.74, 6) is 1.06. The first-order valence-electron chi connectivity index (χ1n) is 10.1. The Morgan fingerprint density at radius 1 is 1.07 bits per heavy atom. The van der Waals surface area contributed by atoms with E-state index in [-0.39, 0.29) is 5.56 Å². The number of hydrogen-bond donors (Lipinski definition) is 3. The lowest BCUT2D eigenvalue weighted by molar-refractivity contribution is -0.915. The summed E-state index contributed by atoms with van der Waals surface area (Å²) in [6, 6.07) is 17.4. The smallest absolute Gasteiger partial charge is 0.260 e. The number of benzene rings is 2. The Morgan fingerprint density at radius 2 is 1.80 bits per heavy atom. The molecule has 0 bridgehead atoms. The molecule has 1 fully saturated rings. The summed E-state index contributed by atoms with van der Waals surface area (Å²) in [6.07, 6.45) is 0. The number of rotatable bonds is 4. The molecule has 0 radical (unpaired) electrons. The third kappa shape index (κ3) is 3.58. The SMILES string of the molecule is O=c1[nH]c(C[NH+]2CCN(c3ccccc3O)CC2)nc2scc(-c3ccccc3)c12. The van der Waals surface area contributed by atoms with E-state index < -0.39 is 0 Å². The van der Waals surface area contributed by atoms with Crippen molar-refractivity contribution in [3.8, 4) is 16.9 Å². The van der Waals surface area contributed by atoms with Gasteiger partial charge in [-0.1, -0.05) is 42.5 Å². The summed E-state index contributed by atoms with van der Waals surface area (Å²) in [5, 5.41) is 12.8. The average Bonchev–Trinajstić information content (AvgIpc) is 3.20. The number of thiophene rings is 1. The fourth-order valence-corrected chi connectivity index (χ4v) is 5.08. The second-order valence-corrected chi connectivity index (χ2v) is 8.47. The van der Waals surface area contributed by atoms with Crippen LogP contribution in [0.1, 0.15) is 5.82 Å². The van der Waals surface area contributed by atoms with Crippen LogP contribution in [0.5, 0.6) is 5.75 Å². The average molecular weight is 420 g/mol. The van der Waals surface area contributed by atoms with Crippen molar-refractivity contribution in [3.63, 3.8) is 0 Å². The zero-order valence-electron chi connectivity index (χ0n) is 16.5. The molecule has 0 saturated carbocycles. The predicted octanol–water partition coefficient (Wildman–Crippen LogP) is 2.26. The zero-order chi connectivity index (χ0) is 20.5. The maximum Gasteiger partial charge on any atom is 0.260 e. The van der Waals surface area contributed by atoms with Gasteiger partial charge in [0.05, 0.1) is 37.3 Å². The number of quaternary nitrogens is 1. The molecule has 0 amide bonds. The highest BCUT2D eigenvalue weighted by molar-refractivity contribution is 7.17. The van der Waals surface area contributed by atoms with E-state index in [0.717, 1.165) is 53.6 Å². The highest BCUT2D eigenvalue weighted by Gasteiger charge is 2.23. The van der Waals surface area contributed by atoms with Gasteiger partial charge in [-0.25, -0.2) is 4.98 Å². The monoisotopic (exact) mass is 419 g/mol. The number of phenols is 1. The number of aromatic amines is 1. The van der Waals surface area contributed by atoms with Crippen molar-refractivity contribution in [1.82, 2.24) is 9.97 Å². The molecule has 1 saturated heterocycles. The molecule has 0 aliphatic carbocycles. The minimum atomic E-state index is -0.0673. The first-order chi connectivity index (χ1) is 14.7. The van der Waals surface area contributed by atoms with E-state index in [2.05, 4.69) is 9.88 Å². The van der Waals surface area contributed by atoms with Crippen molar-refractivity contribution < 1.29 is 10.0 Å². The number of H-pyrrole nitrogens is 1. The van der Waals surface area contributed by atoms with E-state index in [1.54, 1.807) is 6.07 Å². The molecule has 5 rings (SSSR count). The fraction of sp³-hybridized carbons (Fsp3) is 0.217. The van der Waals surface area contributed by atoms with Crippen molar-refractivity contribution in [3.05, 3.63) is 76.2 Å². The van der Waals surface area contributed by atoms with Crippen molar-refractivity contribution in [1.29, 1.82) is 0 Å². The number of aromatic hydroxyl groups is 1. The van der Waals surface area contributed by atoms with Crippen molar-refractivity contribution >= 4 is 27.2 Å². The Kier molecular flexibility index (Phi) is 4.98. The molecular weight excluding hydrogens is 396 g/mol. The maximum atomic E-state index is 12.8. The number of para-hydroxylation sites is 2. The minimum absolute atomic E-state index is 0.0673. The van der Waals surface area contributed by atoms with Gasteiger partial charge in [-0.3, -0.25) is 4.79 Å². The van der Waals surface area contributed by atoms with Gasteiger partial charge in [-0.15, -0.1) is 11.3 Å². The number of nitrogens with one attached hydrogen (secondary N) is 2. The van der Waals surface area contributed by atoms with Crippen LogP contribution >= 0.6 is 11.3 Å². The van der Waals surface area contributed by atoms with Crippen molar-refractivity contribution in [2.75, 3.05) is 31.1 Å². The molecular formula is C23H23N4O2S+. The van der Waals surface area contributed by atoms with Crippen LogP contribution < -0.4 is 15.4 Å². The van der Waals surface area contributed by atoms with Crippen LogP contribution in [-0.2, 0) is 6.54 Å². The second kappa shape index (κ2) is 7.93. The molecule has 0 spiro atoms. The Bertz CT molecular complexity index is 1230. The van der Waals surface area contributed by atoms with Gasteiger partial charge in [0.1, 0.15) is 17.1 Å². The van der Waals surface area contributed by atoms with Gasteiger partial charge in [-0.05, 0) is 17.7 Å². The normalized spacial score (nSPS) is 15.0. The van der Waals surface area contributed by atoms with Gasteiger partial charge in [0.2, 0.25) is 0 Å². The summed E-state index contributed by atoms with van der Waals surface area (Å²) >= 11 is 1.52. The molecule has 0 atom stereocenters. The van der Waals surface area contributed by atoms with Gasteiger partial charge in [0, 0.05) is 10.9 Å². The van der Waals surface area contributed by atoms with Crippen LogP contribution in [0.15, 0.2) is 64.8 Å². The molecule has 6 nitrogen and oxygen atoms in total. The van der Waals surface area contributed by atoms with Crippen LogP contribution in [0, 0.1) is 0 Å². The lowest BCUT2D eigenvalue weighted by atomic mass is 10.1. The van der Waals surface area contributed by atoms with E-state index in [4.69, 9.17) is 4.98 Å². The van der Waals surface area contributed by atoms with Crippen LogP contribution in [0.25, 0.3) is 21.3 Å². The number of aromatic nitrogens is 2. The lowest BCUT2D eigenvalue weighted by Crippen LogP contribution is -3.13. The lowest BCUT2D eigenvalue weighted by Gasteiger charge is -2.33. The second-order valence-electron chi connectivity index (χ2n) is 7.61. The molecule has 30 heavy (non-hydrogen) atoms. The van der Waals surface area contributed by atoms with Gasteiger partial charge < -0.3 is 19.9 Å². The van der Waals surface area contributed by atoms with E-state index >= 15 is 0 Å². The number of anilines is 1. The van der Waals surface area contributed by atoms with Gasteiger partial charge >= 0.3 is 0 Å². The van der Waals surface area contributed by atoms with Crippen molar-refractivity contribution in [2.45, 2.75) is 6.54 Å². The van der Waals surface area contributed by atoms with E-state index in [1.807, 2.05) is 53.9 Å². The molecule has 7 heteroatoms. The molecule has 2 aromatic carbocycles. The summed E-state index contributed by atoms with van der Waals surface area (Å²) in [5.41, 5.74) is 2.80. The van der Waals surface area contributed by atoms with Crippen LogP contribution in [0.2, 0.25) is 0 Å². The Balaban J connectivity index is 1.32. The highest BCUT2D eigenvalue weighted by atomic mass is 32.1. The molecule has 152 valence electrons. The quantitative estimate of drug-likeness (QED) is 0.474. The number of nitrogens with zero attached hydrogens (tertiary/aromatic N) is 2. The van der Waals surface area contributed by atoms with E-state index in [9.17, 15) is 9.90 Å². The largest absolute Gasteiger partial charge is 0.506 e. The topological polar surface area (TPSA) is 73.7 Å². The standard InChI is InChI=1S/C23H22N4O2S/c28-19-9-5-4-8-18(19)27-12-10-26(11-13-27)14-20-24-22(29)21-17(15-30-23(21)25-20)16-6-2-1-3-7-16/h1-9,15,28H,10-14H2,(H,24,25,29)/p+1. The molecule has 2 aromatic heterocycles. The number of hydrogen-bond acceptors (Lipinski definition) is 5. The third-order valence-electron chi connectivity index (χ3n) is 5.69.